The number of nitrogens with zero attached hydrogens (tertiary/aromatic N) is 5. The van der Waals surface area contributed by atoms with E-state index in [-0.39, 0.29) is 42.2 Å². The highest BCUT2D eigenvalue weighted by atomic mass is 19.1. The highest BCUT2D eigenvalue weighted by molar-refractivity contribution is 5.91. The number of benzene rings is 1. The van der Waals surface area contributed by atoms with Gasteiger partial charge in [-0.25, -0.2) is 14.4 Å². The Morgan fingerprint density at radius 3 is 2.58 bits per heavy atom. The van der Waals surface area contributed by atoms with E-state index < -0.39 is 12.1 Å². The van der Waals surface area contributed by atoms with Gasteiger partial charge in [0.15, 0.2) is 0 Å². The molecule has 0 radical (unpaired) electrons. The first-order valence-corrected chi connectivity index (χ1v) is 12.9. The maximum absolute atomic E-state index is 14.0. The predicted octanol–water partition coefficient (Wildman–Crippen LogP) is 3.61. The van der Waals surface area contributed by atoms with Crippen molar-refractivity contribution in [3.05, 3.63) is 53.5 Å². The number of fused-ring (bicyclic) bond motifs is 2. The second-order valence-electron chi connectivity index (χ2n) is 11.0. The number of amides is 2. The molecule has 0 spiro atoms. The van der Waals surface area contributed by atoms with Crippen molar-refractivity contribution in [2.24, 2.45) is 5.41 Å². The van der Waals surface area contributed by atoms with Gasteiger partial charge < -0.3 is 15.3 Å². The zero-order valence-corrected chi connectivity index (χ0v) is 22.3. The summed E-state index contributed by atoms with van der Waals surface area (Å²) in [6, 6.07) is 5.02. The van der Waals surface area contributed by atoms with E-state index in [9.17, 15) is 19.1 Å². The van der Waals surface area contributed by atoms with Gasteiger partial charge in [-0.15, -0.1) is 0 Å². The van der Waals surface area contributed by atoms with Crippen LogP contribution in [0.2, 0.25) is 0 Å². The molecule has 1 saturated heterocycles. The molecule has 3 heterocycles. The molecule has 2 aromatic heterocycles. The molecule has 9 nitrogen and oxygen atoms in total. The maximum atomic E-state index is 14.0. The zero-order chi connectivity index (χ0) is 27.4. The van der Waals surface area contributed by atoms with E-state index in [0.29, 0.717) is 29.0 Å². The molecular weight excluding hydrogens is 487 g/mol. The smallest absolute Gasteiger partial charge is 0.245 e. The molecule has 2 N–H and O–H groups in total. The summed E-state index contributed by atoms with van der Waals surface area (Å²) in [5.41, 5.74) is 3.29. The van der Waals surface area contributed by atoms with Gasteiger partial charge in [0, 0.05) is 29.4 Å². The Morgan fingerprint density at radius 1 is 1.21 bits per heavy atom. The lowest BCUT2D eigenvalue weighted by molar-refractivity contribution is -0.140. The molecule has 0 bridgehead atoms. The van der Waals surface area contributed by atoms with Crippen molar-refractivity contribution >= 4 is 22.7 Å². The van der Waals surface area contributed by atoms with Crippen LogP contribution in [0.5, 0.6) is 0 Å². The molecular formula is C28H33FN6O3. The lowest BCUT2D eigenvalue weighted by Crippen LogP contribution is -2.49. The number of aryl methyl sites for hydroxylation is 1. The van der Waals surface area contributed by atoms with E-state index in [0.717, 1.165) is 22.9 Å². The largest absolute Gasteiger partial charge is 0.387 e. The quantitative estimate of drug-likeness (QED) is 0.492. The third-order valence-corrected chi connectivity index (χ3v) is 7.76. The Kier molecular flexibility index (Phi) is 6.54. The van der Waals surface area contributed by atoms with Gasteiger partial charge in [-0.2, -0.15) is 5.10 Å². The van der Waals surface area contributed by atoms with Crippen LogP contribution in [0.1, 0.15) is 58.2 Å². The van der Waals surface area contributed by atoms with Crippen LogP contribution in [0.4, 0.5) is 4.39 Å². The van der Waals surface area contributed by atoms with Crippen molar-refractivity contribution in [1.82, 2.24) is 30.0 Å². The fraction of sp³-hybridized carbons (Fsp3) is 0.464. The lowest BCUT2D eigenvalue weighted by Gasteiger charge is -2.27. The van der Waals surface area contributed by atoms with Crippen molar-refractivity contribution in [1.29, 1.82) is 0 Å². The molecule has 1 aliphatic carbocycles. The SMILES string of the molecule is CC(C)=C(F)CNC(=O)[C@@H]1C[C@@]2(C)CC2N1C(=O)Cn1nc(C(C)O)c2cc(-c3cnc(C)nc3)ccc21. The number of hydrogen-bond donors (Lipinski definition) is 2. The Balaban J connectivity index is 1.41. The average molecular weight is 521 g/mol. The summed E-state index contributed by atoms with van der Waals surface area (Å²) >= 11 is 0. The number of rotatable bonds is 7. The number of aromatic nitrogens is 4. The molecule has 2 aliphatic rings. The third-order valence-electron chi connectivity index (χ3n) is 7.76. The second kappa shape index (κ2) is 9.58. The number of likely N-dealkylation sites (tertiary alicyclic amines) is 1. The third kappa shape index (κ3) is 4.69. The fourth-order valence-corrected chi connectivity index (χ4v) is 5.38. The number of hydrogen-bond acceptors (Lipinski definition) is 6. The Bertz CT molecular complexity index is 1440. The van der Waals surface area contributed by atoms with E-state index in [4.69, 9.17) is 0 Å². The number of nitrogens with one attached hydrogen (secondary N) is 1. The molecule has 2 unspecified atom stereocenters. The Labute approximate surface area is 220 Å². The minimum Gasteiger partial charge on any atom is -0.387 e. The van der Waals surface area contributed by atoms with E-state index in [1.165, 1.54) is 0 Å². The molecule has 4 atom stereocenters. The maximum Gasteiger partial charge on any atom is 0.245 e. The highest BCUT2D eigenvalue weighted by Crippen LogP contribution is 2.59. The standard InChI is InChI=1S/C28H33FN6O3/c1-15(2)21(29)13-32-27(38)23-9-28(5)10-24(28)35(23)25(37)14-34-22-7-6-18(19-11-30-17(4)31-12-19)8-20(22)26(33-34)16(3)36/h6-8,11-12,16,23-24,36H,9-10,13-14H2,1-5H3,(H,32,38)/t16?,23-,24?,28-/m0/s1. The van der Waals surface area contributed by atoms with Crippen molar-refractivity contribution in [2.45, 2.75) is 72.2 Å². The van der Waals surface area contributed by atoms with Crippen LogP contribution in [-0.4, -0.2) is 60.2 Å². The predicted molar refractivity (Wildman–Crippen MR) is 140 cm³/mol. The zero-order valence-electron chi connectivity index (χ0n) is 22.3. The van der Waals surface area contributed by atoms with Crippen molar-refractivity contribution in [3.8, 4) is 11.1 Å². The summed E-state index contributed by atoms with van der Waals surface area (Å²) in [7, 11) is 0. The summed E-state index contributed by atoms with van der Waals surface area (Å²) in [4.78, 5) is 36.8. The van der Waals surface area contributed by atoms with Crippen LogP contribution in [0.25, 0.3) is 22.0 Å². The molecule has 1 aliphatic heterocycles. The molecule has 1 aromatic carbocycles. The van der Waals surface area contributed by atoms with Gasteiger partial charge in [-0.1, -0.05) is 13.0 Å². The number of allylic oxidation sites excluding steroid dienone is 1. The molecule has 1 saturated carbocycles. The van der Waals surface area contributed by atoms with Gasteiger partial charge in [0.05, 0.1) is 23.9 Å². The van der Waals surface area contributed by atoms with E-state index in [1.54, 1.807) is 42.7 Å². The number of aliphatic hydroxyl groups excluding tert-OH is 1. The number of carbonyl (C=O) groups is 2. The number of halogens is 1. The van der Waals surface area contributed by atoms with Crippen LogP contribution in [0.15, 0.2) is 42.0 Å². The lowest BCUT2D eigenvalue weighted by atomic mass is 10.0. The first-order valence-electron chi connectivity index (χ1n) is 12.9. The van der Waals surface area contributed by atoms with Gasteiger partial charge in [0.25, 0.3) is 0 Å². The van der Waals surface area contributed by atoms with E-state index in [1.807, 2.05) is 25.1 Å². The number of carbonyl (C=O) groups excluding carboxylic acids is 2. The van der Waals surface area contributed by atoms with Crippen molar-refractivity contribution in [3.63, 3.8) is 0 Å². The highest BCUT2D eigenvalue weighted by Gasteiger charge is 2.64. The van der Waals surface area contributed by atoms with Crippen LogP contribution in [0.3, 0.4) is 0 Å². The number of aliphatic hydroxyl groups is 1. The molecule has 200 valence electrons. The van der Waals surface area contributed by atoms with Gasteiger partial charge in [0.2, 0.25) is 11.8 Å². The van der Waals surface area contributed by atoms with Gasteiger partial charge in [-0.3, -0.25) is 14.3 Å². The van der Waals surface area contributed by atoms with Crippen LogP contribution in [0, 0.1) is 12.3 Å². The molecule has 10 heteroatoms. The molecule has 38 heavy (non-hydrogen) atoms. The van der Waals surface area contributed by atoms with Crippen LogP contribution in [-0.2, 0) is 16.1 Å². The van der Waals surface area contributed by atoms with E-state index >= 15 is 0 Å². The van der Waals surface area contributed by atoms with Crippen LogP contribution < -0.4 is 5.32 Å². The second-order valence-corrected chi connectivity index (χ2v) is 11.0. The molecule has 2 amide bonds. The number of piperidine rings is 1. The van der Waals surface area contributed by atoms with Crippen molar-refractivity contribution in [2.75, 3.05) is 6.54 Å². The Hall–Kier alpha value is -3.66. The minimum atomic E-state index is -0.847. The average Bonchev–Trinajstić information content (AvgIpc) is 3.24. The van der Waals surface area contributed by atoms with Gasteiger partial charge in [-0.05, 0) is 69.2 Å². The first-order chi connectivity index (χ1) is 18.0. The first kappa shape index (κ1) is 26.0. The van der Waals surface area contributed by atoms with E-state index in [2.05, 4.69) is 27.3 Å². The van der Waals surface area contributed by atoms with Gasteiger partial charge in [0.1, 0.15) is 24.2 Å². The van der Waals surface area contributed by atoms with Crippen LogP contribution >= 0.6 is 0 Å². The Morgan fingerprint density at radius 2 is 1.92 bits per heavy atom. The molecule has 5 rings (SSSR count). The monoisotopic (exact) mass is 520 g/mol. The summed E-state index contributed by atoms with van der Waals surface area (Å²) in [5, 5.41) is 18.4. The topological polar surface area (TPSA) is 113 Å². The normalized spacial score (nSPS) is 22.8. The van der Waals surface area contributed by atoms with Gasteiger partial charge >= 0.3 is 0 Å². The summed E-state index contributed by atoms with van der Waals surface area (Å²) < 4.78 is 15.6. The van der Waals surface area contributed by atoms with Crippen molar-refractivity contribution < 1.29 is 19.1 Å². The summed E-state index contributed by atoms with van der Waals surface area (Å²) in [6.07, 6.45) is 4.03. The molecule has 3 aromatic rings. The minimum absolute atomic E-state index is 0.0229. The molecule has 2 fully saturated rings. The summed E-state index contributed by atoms with van der Waals surface area (Å²) in [6.45, 7) is 8.57. The summed E-state index contributed by atoms with van der Waals surface area (Å²) in [5.74, 6) is -0.274. The fourth-order valence-electron chi connectivity index (χ4n) is 5.38.